The van der Waals surface area contributed by atoms with Crippen LogP contribution in [0.25, 0.3) is 0 Å². The fraction of sp³-hybridized carbons (Fsp3) is 0.455. The fourth-order valence-corrected chi connectivity index (χ4v) is 4.47. The molecule has 6 nitrogen and oxygen atoms in total. The number of hydrogen-bond donors (Lipinski definition) is 1. The van der Waals surface area contributed by atoms with Gasteiger partial charge in [-0.15, -0.1) is 0 Å². The zero-order valence-corrected chi connectivity index (χ0v) is 18.0. The van der Waals surface area contributed by atoms with E-state index >= 15 is 0 Å². The number of methoxy groups -OCH3 is 2. The summed E-state index contributed by atoms with van der Waals surface area (Å²) in [6.07, 6.45) is 1.11. The Hall–Kier alpha value is -2.49. The number of Topliss-reactive ketones (excluding diaryl/α,β-unsaturated/α-hetero) is 1. The maximum absolute atomic E-state index is 13.3. The van der Waals surface area contributed by atoms with Crippen LogP contribution in [0, 0.1) is 16.7 Å². The summed E-state index contributed by atoms with van der Waals surface area (Å²) >= 11 is 6.35. The van der Waals surface area contributed by atoms with E-state index in [2.05, 4.69) is 19.9 Å². The molecule has 2 aliphatic rings. The van der Waals surface area contributed by atoms with Crippen LogP contribution in [0.1, 0.15) is 38.2 Å². The number of ether oxygens (including phenoxy) is 2. The van der Waals surface area contributed by atoms with Crippen molar-refractivity contribution in [1.29, 1.82) is 5.26 Å². The van der Waals surface area contributed by atoms with Crippen LogP contribution in [0.2, 0.25) is 5.02 Å². The van der Waals surface area contributed by atoms with Gasteiger partial charge in [0.25, 0.3) is 0 Å². The second-order valence-electron chi connectivity index (χ2n) is 8.18. The normalized spacial score (nSPS) is 21.2. The molecule has 1 aromatic carbocycles. The lowest BCUT2D eigenvalue weighted by molar-refractivity contribution is -0.118. The van der Waals surface area contributed by atoms with Crippen molar-refractivity contribution in [2.45, 2.75) is 32.6 Å². The Labute approximate surface area is 176 Å². The Morgan fingerprint density at radius 3 is 2.66 bits per heavy atom. The Kier molecular flexibility index (Phi) is 5.92. The molecular formula is C22H26ClN3O3. The van der Waals surface area contributed by atoms with Crippen LogP contribution in [0.15, 0.2) is 40.9 Å². The molecule has 1 aliphatic carbocycles. The van der Waals surface area contributed by atoms with Crippen molar-refractivity contribution in [2.24, 2.45) is 11.1 Å². The number of rotatable bonds is 5. The van der Waals surface area contributed by atoms with Gasteiger partial charge in [0.05, 0.1) is 36.3 Å². The number of ketones is 1. The summed E-state index contributed by atoms with van der Waals surface area (Å²) in [5.74, 6) is 0.399. The second-order valence-corrected chi connectivity index (χ2v) is 8.59. The van der Waals surface area contributed by atoms with Gasteiger partial charge in [-0.3, -0.25) is 4.79 Å². The van der Waals surface area contributed by atoms with Gasteiger partial charge in [-0.25, -0.2) is 0 Å². The maximum atomic E-state index is 13.3. The van der Waals surface area contributed by atoms with Crippen molar-refractivity contribution in [1.82, 2.24) is 4.90 Å². The number of carbonyl (C=O) groups excluding carboxylic acids is 1. The summed E-state index contributed by atoms with van der Waals surface area (Å²) in [7, 11) is 3.16. The zero-order valence-electron chi connectivity index (χ0n) is 17.2. The minimum absolute atomic E-state index is 0.0378. The van der Waals surface area contributed by atoms with Gasteiger partial charge in [-0.1, -0.05) is 31.5 Å². The lowest BCUT2D eigenvalue weighted by Gasteiger charge is -2.43. The molecule has 3 rings (SSSR count). The molecule has 0 unspecified atom stereocenters. The van der Waals surface area contributed by atoms with Crippen LogP contribution in [0.3, 0.4) is 0 Å². The number of carbonyl (C=O) groups is 1. The molecule has 0 aromatic heterocycles. The molecule has 2 N–H and O–H groups in total. The molecule has 1 atom stereocenters. The third-order valence-electron chi connectivity index (χ3n) is 5.51. The van der Waals surface area contributed by atoms with Crippen molar-refractivity contribution in [3.63, 3.8) is 0 Å². The highest BCUT2D eigenvalue weighted by Crippen LogP contribution is 2.49. The predicted octanol–water partition coefficient (Wildman–Crippen LogP) is 3.73. The molecule has 29 heavy (non-hydrogen) atoms. The van der Waals surface area contributed by atoms with E-state index in [0.717, 1.165) is 11.3 Å². The first-order valence-electron chi connectivity index (χ1n) is 9.50. The van der Waals surface area contributed by atoms with E-state index in [4.69, 9.17) is 26.8 Å². The Balaban J connectivity index is 2.22. The van der Waals surface area contributed by atoms with Crippen LogP contribution in [-0.4, -0.2) is 38.1 Å². The van der Waals surface area contributed by atoms with Crippen LogP contribution in [0.4, 0.5) is 0 Å². The van der Waals surface area contributed by atoms with E-state index in [1.54, 1.807) is 26.4 Å². The molecule has 0 saturated carbocycles. The lowest BCUT2D eigenvalue weighted by Crippen LogP contribution is -2.43. The monoisotopic (exact) mass is 415 g/mol. The number of allylic oxidation sites excluding steroid dienone is 3. The molecule has 0 fully saturated rings. The van der Waals surface area contributed by atoms with Crippen molar-refractivity contribution in [2.75, 3.05) is 27.4 Å². The second kappa shape index (κ2) is 8.10. The van der Waals surface area contributed by atoms with Gasteiger partial charge in [-0.2, -0.15) is 5.26 Å². The van der Waals surface area contributed by atoms with E-state index in [9.17, 15) is 10.1 Å². The number of nitrogens with zero attached hydrogens (tertiary/aromatic N) is 2. The first-order chi connectivity index (χ1) is 13.7. The maximum Gasteiger partial charge on any atom is 0.162 e. The van der Waals surface area contributed by atoms with Crippen LogP contribution in [0.5, 0.6) is 5.75 Å². The molecule has 7 heteroatoms. The van der Waals surface area contributed by atoms with Crippen molar-refractivity contribution < 1.29 is 14.3 Å². The van der Waals surface area contributed by atoms with Gasteiger partial charge in [0.2, 0.25) is 0 Å². The summed E-state index contributed by atoms with van der Waals surface area (Å²) in [6.45, 7) is 5.06. The quantitative estimate of drug-likeness (QED) is 0.788. The molecule has 1 aromatic rings. The molecule has 1 heterocycles. The molecular weight excluding hydrogens is 390 g/mol. The molecule has 0 radical (unpaired) electrons. The smallest absolute Gasteiger partial charge is 0.162 e. The van der Waals surface area contributed by atoms with Gasteiger partial charge >= 0.3 is 0 Å². The van der Waals surface area contributed by atoms with Gasteiger partial charge < -0.3 is 20.1 Å². The number of nitriles is 1. The van der Waals surface area contributed by atoms with Crippen LogP contribution >= 0.6 is 11.6 Å². The van der Waals surface area contributed by atoms with E-state index in [0.29, 0.717) is 53.7 Å². The predicted molar refractivity (Wildman–Crippen MR) is 111 cm³/mol. The van der Waals surface area contributed by atoms with Crippen LogP contribution in [-0.2, 0) is 9.53 Å². The topological polar surface area (TPSA) is 88.6 Å². The highest BCUT2D eigenvalue weighted by atomic mass is 35.5. The minimum atomic E-state index is -0.541. The minimum Gasteiger partial charge on any atom is -0.495 e. The SMILES string of the molecule is COCCN1C(N)=C(C#N)[C@H](c2ccc(OC)c(Cl)c2)C2=C1CC(C)(C)CC2=O. The lowest BCUT2D eigenvalue weighted by atomic mass is 9.68. The highest BCUT2D eigenvalue weighted by molar-refractivity contribution is 6.32. The Bertz CT molecular complexity index is 943. The first-order valence-corrected chi connectivity index (χ1v) is 9.87. The molecule has 0 spiro atoms. The number of hydrogen-bond acceptors (Lipinski definition) is 6. The Morgan fingerprint density at radius 1 is 1.34 bits per heavy atom. The van der Waals surface area contributed by atoms with E-state index in [1.165, 1.54) is 0 Å². The summed E-state index contributed by atoms with van der Waals surface area (Å²) in [4.78, 5) is 15.1. The third-order valence-corrected chi connectivity index (χ3v) is 5.81. The average molecular weight is 416 g/mol. The van der Waals surface area contributed by atoms with Crippen LogP contribution < -0.4 is 10.5 Å². The number of benzene rings is 1. The van der Waals surface area contributed by atoms with Gasteiger partial charge in [0, 0.05) is 31.3 Å². The number of halogens is 1. The zero-order chi connectivity index (χ0) is 21.3. The Morgan fingerprint density at radius 2 is 2.07 bits per heavy atom. The number of nitrogens with two attached hydrogens (primary N) is 1. The van der Waals surface area contributed by atoms with Crippen molar-refractivity contribution in [3.05, 3.63) is 51.4 Å². The summed E-state index contributed by atoms with van der Waals surface area (Å²) in [6, 6.07) is 7.57. The summed E-state index contributed by atoms with van der Waals surface area (Å²) in [5.41, 5.74) is 8.89. The summed E-state index contributed by atoms with van der Waals surface area (Å²) < 4.78 is 10.5. The molecule has 1 aliphatic heterocycles. The fourth-order valence-electron chi connectivity index (χ4n) is 4.21. The molecule has 154 valence electrons. The first kappa shape index (κ1) is 21.2. The van der Waals surface area contributed by atoms with Gasteiger partial charge in [-0.05, 0) is 29.5 Å². The van der Waals surface area contributed by atoms with E-state index in [-0.39, 0.29) is 11.2 Å². The van der Waals surface area contributed by atoms with E-state index < -0.39 is 5.92 Å². The van der Waals surface area contributed by atoms with Gasteiger partial charge in [0.1, 0.15) is 11.6 Å². The summed E-state index contributed by atoms with van der Waals surface area (Å²) in [5, 5.41) is 10.4. The highest BCUT2D eigenvalue weighted by Gasteiger charge is 2.44. The average Bonchev–Trinajstić information content (AvgIpc) is 2.65. The van der Waals surface area contributed by atoms with Crippen molar-refractivity contribution >= 4 is 17.4 Å². The van der Waals surface area contributed by atoms with E-state index in [1.807, 2.05) is 11.0 Å². The largest absolute Gasteiger partial charge is 0.495 e. The van der Waals surface area contributed by atoms with Crippen molar-refractivity contribution in [3.8, 4) is 11.8 Å². The third kappa shape index (κ3) is 3.85. The standard InChI is InChI=1S/C22H26ClN3O3/c1-22(2)10-16-20(17(27)11-22)19(13-5-6-18(29-4)15(23)9-13)14(12-24)21(25)26(16)7-8-28-3/h5-6,9,19H,7-8,10-11,25H2,1-4H3/t19-/m0/s1. The molecule has 0 amide bonds. The van der Waals surface area contributed by atoms with Gasteiger partial charge in [0.15, 0.2) is 5.78 Å². The molecule has 0 saturated heterocycles. The molecule has 0 bridgehead atoms.